The highest BCUT2D eigenvalue weighted by Gasteiger charge is 2.07. The zero-order chi connectivity index (χ0) is 16.8. The van der Waals surface area contributed by atoms with Crippen LogP contribution < -0.4 is 16.0 Å². The number of carbonyl (C=O) groups excluding carboxylic acids is 2. The largest absolute Gasteiger partial charge is 0.375 e. The summed E-state index contributed by atoms with van der Waals surface area (Å²) in [4.78, 5) is 27.4. The molecule has 0 saturated heterocycles. The van der Waals surface area contributed by atoms with E-state index in [4.69, 9.17) is 4.74 Å². The van der Waals surface area contributed by atoms with E-state index in [-0.39, 0.29) is 18.5 Å². The van der Waals surface area contributed by atoms with E-state index in [2.05, 4.69) is 20.9 Å². The smallest absolute Gasteiger partial charge is 0.320 e. The predicted octanol–water partition coefficient (Wildman–Crippen LogP) is 2.27. The second-order valence-corrected chi connectivity index (χ2v) is 5.05. The Hall–Kier alpha value is -2.67. The third-order valence-electron chi connectivity index (χ3n) is 3.18. The van der Waals surface area contributed by atoms with E-state index in [1.165, 1.54) is 7.11 Å². The Bertz CT molecular complexity index is 725. The molecule has 2 aromatic rings. The summed E-state index contributed by atoms with van der Waals surface area (Å²) in [5.74, 6) is 0.226. The van der Waals surface area contributed by atoms with Crippen LogP contribution in [0.15, 0.2) is 24.4 Å². The number of carbonyl (C=O) groups is 2. The molecule has 0 aliphatic carbocycles. The first kappa shape index (κ1) is 16.7. The van der Waals surface area contributed by atoms with Gasteiger partial charge in [-0.25, -0.2) is 9.78 Å². The summed E-state index contributed by atoms with van der Waals surface area (Å²) in [6.45, 7) is 4.31. The Morgan fingerprint density at radius 1 is 1.22 bits per heavy atom. The van der Waals surface area contributed by atoms with E-state index in [0.717, 1.165) is 16.3 Å². The first-order chi connectivity index (χ1) is 11.0. The molecule has 23 heavy (non-hydrogen) atoms. The summed E-state index contributed by atoms with van der Waals surface area (Å²) >= 11 is 0. The number of aryl methyl sites for hydroxylation is 1. The van der Waals surface area contributed by atoms with Crippen molar-refractivity contribution in [2.75, 3.05) is 30.9 Å². The Morgan fingerprint density at radius 2 is 2.00 bits per heavy atom. The zero-order valence-corrected chi connectivity index (χ0v) is 13.4. The number of ether oxygens (including phenoxy) is 1. The van der Waals surface area contributed by atoms with E-state index in [1.807, 2.05) is 26.0 Å². The quantitative estimate of drug-likeness (QED) is 0.789. The van der Waals surface area contributed by atoms with Gasteiger partial charge >= 0.3 is 6.03 Å². The molecule has 1 aromatic heterocycles. The molecule has 0 unspecified atom stereocenters. The van der Waals surface area contributed by atoms with Gasteiger partial charge in [0, 0.05) is 30.9 Å². The van der Waals surface area contributed by atoms with Crippen molar-refractivity contribution in [2.24, 2.45) is 0 Å². The van der Waals surface area contributed by atoms with E-state index in [9.17, 15) is 9.59 Å². The van der Waals surface area contributed by atoms with Crippen molar-refractivity contribution in [3.05, 3.63) is 30.0 Å². The van der Waals surface area contributed by atoms with Gasteiger partial charge in [0.2, 0.25) is 5.91 Å². The number of pyridine rings is 1. The van der Waals surface area contributed by atoms with E-state index < -0.39 is 0 Å². The fraction of sp³-hybridized carbons (Fsp3) is 0.312. The highest BCUT2D eigenvalue weighted by Crippen LogP contribution is 2.25. The average Bonchev–Trinajstić information content (AvgIpc) is 2.47. The lowest BCUT2D eigenvalue weighted by Gasteiger charge is -2.10. The topological polar surface area (TPSA) is 92.4 Å². The zero-order valence-electron chi connectivity index (χ0n) is 13.4. The second-order valence-electron chi connectivity index (χ2n) is 5.05. The number of hydrogen-bond donors (Lipinski definition) is 3. The van der Waals surface area contributed by atoms with Crippen LogP contribution in [0.1, 0.15) is 12.5 Å². The SMILES string of the molecule is CCNC(=O)Nc1cc2cc(NC(=O)COC)cc(C)c2cn1. The van der Waals surface area contributed by atoms with Gasteiger partial charge in [-0.3, -0.25) is 10.1 Å². The van der Waals surface area contributed by atoms with Crippen LogP contribution >= 0.6 is 0 Å². The monoisotopic (exact) mass is 316 g/mol. The van der Waals surface area contributed by atoms with Crippen LogP contribution in [0.3, 0.4) is 0 Å². The van der Waals surface area contributed by atoms with Gasteiger partial charge in [-0.1, -0.05) is 0 Å². The summed E-state index contributed by atoms with van der Waals surface area (Å²) in [6.07, 6.45) is 1.70. The first-order valence-electron chi connectivity index (χ1n) is 7.27. The van der Waals surface area contributed by atoms with E-state index in [0.29, 0.717) is 18.1 Å². The standard InChI is InChI=1S/C16H20N4O3/c1-4-17-16(22)20-14-7-11-6-12(19-15(21)9-23-3)5-10(2)13(11)8-18-14/h5-8H,4,9H2,1-3H3,(H,19,21)(H2,17,18,20,22). The number of hydrogen-bond acceptors (Lipinski definition) is 4. The highest BCUT2D eigenvalue weighted by molar-refractivity contribution is 5.97. The lowest BCUT2D eigenvalue weighted by molar-refractivity contribution is -0.119. The molecule has 0 radical (unpaired) electrons. The van der Waals surface area contributed by atoms with Crippen LogP contribution in [-0.4, -0.2) is 37.2 Å². The number of nitrogens with zero attached hydrogens (tertiary/aromatic N) is 1. The molecule has 0 bridgehead atoms. The maximum absolute atomic E-state index is 11.6. The van der Waals surface area contributed by atoms with Gasteiger partial charge in [-0.15, -0.1) is 0 Å². The summed E-state index contributed by atoms with van der Waals surface area (Å²) < 4.78 is 4.80. The Morgan fingerprint density at radius 3 is 2.70 bits per heavy atom. The number of anilines is 2. The minimum absolute atomic E-state index is 0.00256. The van der Waals surface area contributed by atoms with Gasteiger partial charge in [0.1, 0.15) is 12.4 Å². The van der Waals surface area contributed by atoms with Crippen molar-refractivity contribution in [1.82, 2.24) is 10.3 Å². The number of nitrogens with one attached hydrogen (secondary N) is 3. The molecule has 0 fully saturated rings. The van der Waals surface area contributed by atoms with Crippen molar-refractivity contribution in [2.45, 2.75) is 13.8 Å². The summed E-state index contributed by atoms with van der Waals surface area (Å²) in [5, 5.41) is 9.91. The molecule has 1 aromatic carbocycles. The molecular weight excluding hydrogens is 296 g/mol. The number of amides is 3. The maximum atomic E-state index is 11.6. The predicted molar refractivity (Wildman–Crippen MR) is 89.7 cm³/mol. The Balaban J connectivity index is 2.28. The van der Waals surface area contributed by atoms with Crippen LogP contribution in [0.2, 0.25) is 0 Å². The van der Waals surface area contributed by atoms with Crippen molar-refractivity contribution >= 4 is 34.2 Å². The van der Waals surface area contributed by atoms with Gasteiger partial charge in [0.05, 0.1) is 0 Å². The molecule has 0 atom stereocenters. The molecule has 3 N–H and O–H groups in total. The van der Waals surface area contributed by atoms with Crippen molar-refractivity contribution < 1.29 is 14.3 Å². The van der Waals surface area contributed by atoms with Crippen molar-refractivity contribution in [3.8, 4) is 0 Å². The molecule has 3 amide bonds. The lowest BCUT2D eigenvalue weighted by Crippen LogP contribution is -2.28. The fourth-order valence-electron chi connectivity index (χ4n) is 2.23. The third-order valence-corrected chi connectivity index (χ3v) is 3.18. The van der Waals surface area contributed by atoms with Gasteiger partial charge in [0.25, 0.3) is 0 Å². The van der Waals surface area contributed by atoms with Gasteiger partial charge in [0.15, 0.2) is 0 Å². The van der Waals surface area contributed by atoms with Gasteiger partial charge in [-0.05, 0) is 43.0 Å². The number of methoxy groups -OCH3 is 1. The third kappa shape index (κ3) is 4.40. The summed E-state index contributed by atoms with van der Waals surface area (Å²) in [6, 6.07) is 5.17. The molecular formula is C16H20N4O3. The summed E-state index contributed by atoms with van der Waals surface area (Å²) in [5.41, 5.74) is 1.65. The average molecular weight is 316 g/mol. The molecule has 1 heterocycles. The highest BCUT2D eigenvalue weighted by atomic mass is 16.5. The minimum atomic E-state index is -0.305. The van der Waals surface area contributed by atoms with Gasteiger partial charge < -0.3 is 15.4 Å². The maximum Gasteiger partial charge on any atom is 0.320 e. The van der Waals surface area contributed by atoms with E-state index in [1.54, 1.807) is 12.3 Å². The van der Waals surface area contributed by atoms with Crippen molar-refractivity contribution in [1.29, 1.82) is 0 Å². The van der Waals surface area contributed by atoms with Crippen LogP contribution in [0, 0.1) is 6.92 Å². The molecule has 0 spiro atoms. The molecule has 7 heteroatoms. The molecule has 0 aliphatic rings. The number of fused-ring (bicyclic) bond motifs is 1. The Labute approximate surface area is 134 Å². The molecule has 0 saturated carbocycles. The molecule has 7 nitrogen and oxygen atoms in total. The number of rotatable bonds is 5. The number of aromatic nitrogens is 1. The van der Waals surface area contributed by atoms with Crippen molar-refractivity contribution in [3.63, 3.8) is 0 Å². The second kappa shape index (κ2) is 7.55. The number of urea groups is 1. The normalized spacial score (nSPS) is 10.4. The molecule has 2 rings (SSSR count). The number of benzene rings is 1. The van der Waals surface area contributed by atoms with Crippen LogP contribution in [0.5, 0.6) is 0 Å². The molecule has 122 valence electrons. The minimum Gasteiger partial charge on any atom is -0.375 e. The lowest BCUT2D eigenvalue weighted by atomic mass is 10.1. The Kier molecular flexibility index (Phi) is 5.48. The molecule has 0 aliphatic heterocycles. The van der Waals surface area contributed by atoms with Crippen LogP contribution in [0.4, 0.5) is 16.3 Å². The van der Waals surface area contributed by atoms with Crippen LogP contribution in [0.25, 0.3) is 10.8 Å². The van der Waals surface area contributed by atoms with Crippen LogP contribution in [-0.2, 0) is 9.53 Å². The summed E-state index contributed by atoms with van der Waals surface area (Å²) in [7, 11) is 1.47. The fourth-order valence-corrected chi connectivity index (χ4v) is 2.23. The van der Waals surface area contributed by atoms with Gasteiger partial charge in [-0.2, -0.15) is 0 Å². The van der Waals surface area contributed by atoms with E-state index >= 15 is 0 Å². The first-order valence-corrected chi connectivity index (χ1v) is 7.27.